The van der Waals surface area contributed by atoms with E-state index in [1.165, 1.54) is 64.2 Å². The van der Waals surface area contributed by atoms with Crippen LogP contribution < -0.4 is 5.32 Å². The summed E-state index contributed by atoms with van der Waals surface area (Å²) < 4.78 is 17.7. The molecule has 1 heterocycles. The molecule has 1 rings (SSSR count). The van der Waals surface area contributed by atoms with E-state index in [0.29, 0.717) is 12.8 Å². The van der Waals surface area contributed by atoms with Crippen molar-refractivity contribution in [2.24, 2.45) is 0 Å². The van der Waals surface area contributed by atoms with Gasteiger partial charge in [0.05, 0.1) is 25.4 Å². The molecule has 0 aromatic heterocycles. The summed E-state index contributed by atoms with van der Waals surface area (Å²) >= 11 is 0. The summed E-state index contributed by atoms with van der Waals surface area (Å²) in [5.74, 6) is -1.22. The van der Waals surface area contributed by atoms with Crippen molar-refractivity contribution in [3.63, 3.8) is 0 Å². The van der Waals surface area contributed by atoms with Gasteiger partial charge in [0.1, 0.15) is 24.4 Å². The lowest BCUT2D eigenvalue weighted by Gasteiger charge is -2.41. The van der Waals surface area contributed by atoms with Gasteiger partial charge in [0.25, 0.3) is 0 Å². The van der Waals surface area contributed by atoms with Crippen LogP contribution in [0.1, 0.15) is 278 Å². The maximum atomic E-state index is 13.5. The third-order valence-electron chi connectivity index (χ3n) is 16.0. The first-order valence-electron chi connectivity index (χ1n) is 36.1. The molecule has 1 amide bonds. The number of aliphatic hydroxyl groups is 5. The van der Waals surface area contributed by atoms with E-state index in [-0.39, 0.29) is 19.4 Å². The number of hydrogen-bond donors (Lipinski definition) is 6. The molecule has 8 unspecified atom stereocenters. The standard InChI is InChI=1S/C79H131NO10/c1-4-7-10-13-16-19-22-25-27-29-31-33-35-37-39-41-43-45-47-49-52-55-58-61-64-67-74(84)90-77-76(86)75(85)73(68-81)89-79(77)88-69-70(71(82)65-62-59-56-53-50-24-21-18-15-12-9-6-3)80-78(87)72(83)66-63-60-57-54-51-48-46-44-42-40-38-36-34-32-30-28-26-23-20-17-14-11-8-5-2/h7-8,10-11,16-17,19-20,25-28,31-34,37-40,43,45,62,65,70-73,75-77,79,81-83,85-86H,4-6,9,12-15,18,21-24,29-30,35-36,41-42,44,46-61,63-64,66-69H2,1-3H3,(H,80,87)/b10-7-,11-8-,19-16-,20-17-,27-25-,28-26-,33-31-,34-32-,39-37-,40-38-,45-43-,65-62+. The summed E-state index contributed by atoms with van der Waals surface area (Å²) in [5, 5.41) is 57.3. The summed E-state index contributed by atoms with van der Waals surface area (Å²) in [4.78, 5) is 26.7. The van der Waals surface area contributed by atoms with E-state index < -0.39 is 67.4 Å². The number of amides is 1. The van der Waals surface area contributed by atoms with Crippen LogP contribution in [0, 0.1) is 0 Å². The van der Waals surface area contributed by atoms with Gasteiger partial charge in [-0.15, -0.1) is 0 Å². The second-order valence-electron chi connectivity index (χ2n) is 24.2. The Hall–Kier alpha value is -4.46. The van der Waals surface area contributed by atoms with Crippen molar-refractivity contribution < 1.29 is 49.3 Å². The third kappa shape index (κ3) is 51.1. The number of carbonyl (C=O) groups excluding carboxylic acids is 2. The molecule has 11 heteroatoms. The molecule has 6 N–H and O–H groups in total. The molecular weight excluding hydrogens is 1120 g/mol. The lowest BCUT2D eigenvalue weighted by molar-refractivity contribution is -0.305. The summed E-state index contributed by atoms with van der Waals surface area (Å²) in [6, 6.07) is -1.04. The number of aliphatic hydroxyl groups excluding tert-OH is 5. The fourth-order valence-corrected chi connectivity index (χ4v) is 10.4. The molecule has 0 radical (unpaired) electrons. The molecule has 0 aromatic carbocycles. The van der Waals surface area contributed by atoms with Gasteiger partial charge < -0.3 is 45.1 Å². The van der Waals surface area contributed by atoms with Crippen molar-refractivity contribution in [1.29, 1.82) is 0 Å². The largest absolute Gasteiger partial charge is 0.454 e. The molecular formula is C79H131NO10. The fourth-order valence-electron chi connectivity index (χ4n) is 10.4. The summed E-state index contributed by atoms with van der Waals surface area (Å²) in [5.41, 5.74) is 0. The maximum absolute atomic E-state index is 13.5. The molecule has 1 fully saturated rings. The van der Waals surface area contributed by atoms with Crippen molar-refractivity contribution in [2.75, 3.05) is 13.2 Å². The number of unbranched alkanes of at least 4 members (excludes halogenated alkanes) is 24. The van der Waals surface area contributed by atoms with Gasteiger partial charge in [0.15, 0.2) is 12.4 Å². The fraction of sp³-hybridized carbons (Fsp3) is 0.671. The smallest absolute Gasteiger partial charge is 0.306 e. The van der Waals surface area contributed by atoms with Crippen molar-refractivity contribution in [1.82, 2.24) is 5.32 Å². The summed E-state index contributed by atoms with van der Waals surface area (Å²) in [6.45, 7) is 5.56. The predicted octanol–water partition coefficient (Wildman–Crippen LogP) is 18.9. The Morgan fingerprint density at radius 2 is 0.800 bits per heavy atom. The second kappa shape index (κ2) is 64.6. The first-order valence-corrected chi connectivity index (χ1v) is 36.1. The van der Waals surface area contributed by atoms with Crippen LogP contribution in [0.25, 0.3) is 0 Å². The highest BCUT2D eigenvalue weighted by Crippen LogP contribution is 2.26. The molecule has 1 aliphatic rings. The first-order chi connectivity index (χ1) is 44.2. The third-order valence-corrected chi connectivity index (χ3v) is 16.0. The van der Waals surface area contributed by atoms with Gasteiger partial charge in [-0.2, -0.15) is 0 Å². The van der Waals surface area contributed by atoms with Crippen molar-refractivity contribution in [3.05, 3.63) is 146 Å². The molecule has 0 bridgehead atoms. The minimum absolute atomic E-state index is 0.0973. The summed E-state index contributed by atoms with van der Waals surface area (Å²) in [7, 11) is 0. The van der Waals surface area contributed by atoms with Crippen LogP contribution in [-0.4, -0.2) is 99.6 Å². The van der Waals surface area contributed by atoms with Gasteiger partial charge in [-0.05, 0) is 122 Å². The average molecular weight is 1250 g/mol. The lowest BCUT2D eigenvalue weighted by Crippen LogP contribution is -2.61. The van der Waals surface area contributed by atoms with E-state index in [4.69, 9.17) is 14.2 Å². The predicted molar refractivity (Wildman–Crippen MR) is 379 cm³/mol. The molecule has 1 saturated heterocycles. The van der Waals surface area contributed by atoms with Crippen LogP contribution in [0.4, 0.5) is 0 Å². The number of rotatable bonds is 60. The van der Waals surface area contributed by atoms with E-state index in [1.807, 2.05) is 6.08 Å². The normalized spacial score (nSPS) is 19.0. The highest BCUT2D eigenvalue weighted by atomic mass is 16.7. The zero-order valence-corrected chi connectivity index (χ0v) is 57.0. The molecule has 0 aliphatic carbocycles. The summed E-state index contributed by atoms with van der Waals surface area (Å²) in [6.07, 6.45) is 83.0. The Balaban J connectivity index is 2.60. The number of hydrogen-bond acceptors (Lipinski definition) is 10. The Bertz CT molecular complexity index is 2030. The second-order valence-corrected chi connectivity index (χ2v) is 24.2. The molecule has 8 atom stereocenters. The topological polar surface area (TPSA) is 175 Å². The van der Waals surface area contributed by atoms with Gasteiger partial charge >= 0.3 is 5.97 Å². The Morgan fingerprint density at radius 3 is 1.20 bits per heavy atom. The Labute approximate surface area is 549 Å². The van der Waals surface area contributed by atoms with Crippen molar-refractivity contribution in [3.8, 4) is 0 Å². The van der Waals surface area contributed by atoms with Crippen molar-refractivity contribution in [2.45, 2.75) is 327 Å². The minimum atomic E-state index is -1.63. The monoisotopic (exact) mass is 1250 g/mol. The maximum Gasteiger partial charge on any atom is 0.306 e. The Kier molecular flexibility index (Phi) is 60.0. The van der Waals surface area contributed by atoms with E-state index >= 15 is 0 Å². The number of esters is 1. The molecule has 0 saturated carbocycles. The van der Waals surface area contributed by atoms with Gasteiger partial charge in [0, 0.05) is 6.42 Å². The lowest BCUT2D eigenvalue weighted by atomic mass is 9.99. The molecule has 0 aromatic rings. The van der Waals surface area contributed by atoms with Gasteiger partial charge in [-0.1, -0.05) is 295 Å². The van der Waals surface area contributed by atoms with Crippen LogP contribution in [0.5, 0.6) is 0 Å². The molecule has 11 nitrogen and oxygen atoms in total. The number of nitrogens with one attached hydrogen (secondary N) is 1. The highest BCUT2D eigenvalue weighted by Gasteiger charge is 2.47. The van der Waals surface area contributed by atoms with E-state index in [0.717, 1.165) is 167 Å². The number of carbonyl (C=O) groups is 2. The molecule has 0 spiro atoms. The molecule has 1 aliphatic heterocycles. The van der Waals surface area contributed by atoms with Crippen LogP contribution in [-0.2, 0) is 23.8 Å². The van der Waals surface area contributed by atoms with E-state index in [1.54, 1.807) is 6.08 Å². The first kappa shape index (κ1) is 83.6. The zero-order chi connectivity index (χ0) is 65.3. The van der Waals surface area contributed by atoms with Gasteiger partial charge in [-0.3, -0.25) is 9.59 Å². The Morgan fingerprint density at radius 1 is 0.444 bits per heavy atom. The van der Waals surface area contributed by atoms with Crippen LogP contribution >= 0.6 is 0 Å². The van der Waals surface area contributed by atoms with Crippen LogP contribution in [0.2, 0.25) is 0 Å². The quantitative estimate of drug-likeness (QED) is 0.0195. The molecule has 90 heavy (non-hydrogen) atoms. The highest BCUT2D eigenvalue weighted by molar-refractivity contribution is 5.80. The van der Waals surface area contributed by atoms with Gasteiger partial charge in [-0.25, -0.2) is 0 Å². The number of ether oxygens (including phenoxy) is 3. The van der Waals surface area contributed by atoms with Crippen molar-refractivity contribution >= 4 is 11.9 Å². The van der Waals surface area contributed by atoms with Crippen LogP contribution in [0.3, 0.4) is 0 Å². The molecule has 512 valence electrons. The van der Waals surface area contributed by atoms with Crippen LogP contribution in [0.15, 0.2) is 146 Å². The number of allylic oxidation sites excluding steroid dienone is 23. The minimum Gasteiger partial charge on any atom is -0.454 e. The van der Waals surface area contributed by atoms with E-state index in [9.17, 15) is 35.1 Å². The zero-order valence-electron chi connectivity index (χ0n) is 57.0. The van der Waals surface area contributed by atoms with E-state index in [2.05, 4.69) is 160 Å². The average Bonchev–Trinajstić information content (AvgIpc) is 1.18. The van der Waals surface area contributed by atoms with Gasteiger partial charge in [0.2, 0.25) is 5.91 Å². The SMILES string of the molecule is CC/C=C\C/C=C\C/C=C\C/C=C\C/C=C\C/C=C\CCCCCCCCC(=O)OC1C(OCC(NC(=O)C(O)CCCCCCCCCC/C=C\C/C=C\C/C=C\C/C=C\C/C=C\CC)C(O)/C=C/CCCCCCCCCCCC)OC(CO)C(O)C1O.